The van der Waals surface area contributed by atoms with Crippen molar-refractivity contribution in [2.45, 2.75) is 13.3 Å². The number of pyridine rings is 1. The number of nitrogens with one attached hydrogen (secondary N) is 2. The topological polar surface area (TPSA) is 123 Å². The largest absolute Gasteiger partial charge is 0.396 e. The summed E-state index contributed by atoms with van der Waals surface area (Å²) in [6, 6.07) is 11.4. The molecule has 4 rings (SSSR count). The number of imidazole rings is 1. The van der Waals surface area contributed by atoms with Gasteiger partial charge in [-0.1, -0.05) is 12.1 Å². The van der Waals surface area contributed by atoms with Crippen molar-refractivity contribution in [1.82, 2.24) is 29.3 Å². The van der Waals surface area contributed by atoms with Gasteiger partial charge in [-0.05, 0) is 43.5 Å². The van der Waals surface area contributed by atoms with Crippen molar-refractivity contribution < 1.29 is 5.11 Å². The molecule has 0 aliphatic heterocycles. The number of nitrogens with zero attached hydrogens (tertiary/aromatic N) is 6. The highest BCUT2D eigenvalue weighted by atomic mass is 16.3. The molecule has 1 atom stereocenters. The fourth-order valence-electron chi connectivity index (χ4n) is 3.52. The maximum absolute atomic E-state index is 12.7. The van der Waals surface area contributed by atoms with Crippen LogP contribution in [0.2, 0.25) is 0 Å². The van der Waals surface area contributed by atoms with Gasteiger partial charge in [-0.25, -0.2) is 14.8 Å². The number of anilines is 2. The lowest BCUT2D eigenvalue weighted by Gasteiger charge is -2.17. The quantitative estimate of drug-likeness (QED) is 0.364. The molecule has 0 bridgehead atoms. The van der Waals surface area contributed by atoms with Crippen molar-refractivity contribution in [2.75, 3.05) is 30.3 Å². The summed E-state index contributed by atoms with van der Waals surface area (Å²) in [6.07, 6.45) is 3.95. The summed E-state index contributed by atoms with van der Waals surface area (Å²) >= 11 is 0. The summed E-state index contributed by atoms with van der Waals surface area (Å²) in [5.74, 6) is 1.28. The Hall–Kier alpha value is -3.79. The average molecular weight is 435 g/mol. The lowest BCUT2D eigenvalue weighted by Crippen LogP contribution is -2.25. The van der Waals surface area contributed by atoms with Crippen molar-refractivity contribution >= 4 is 22.8 Å². The Labute approximate surface area is 185 Å². The zero-order valence-electron chi connectivity index (χ0n) is 18.1. The third kappa shape index (κ3) is 4.59. The zero-order chi connectivity index (χ0) is 22.5. The van der Waals surface area contributed by atoms with Crippen LogP contribution in [0.3, 0.4) is 0 Å². The van der Waals surface area contributed by atoms with Crippen molar-refractivity contribution in [3.63, 3.8) is 0 Å². The minimum Gasteiger partial charge on any atom is -0.396 e. The van der Waals surface area contributed by atoms with Gasteiger partial charge in [-0.2, -0.15) is 5.10 Å². The van der Waals surface area contributed by atoms with Gasteiger partial charge in [0.05, 0.1) is 34.8 Å². The Bertz CT molecular complexity index is 1230. The smallest absolute Gasteiger partial charge is 0.333 e. The maximum Gasteiger partial charge on any atom is 0.333 e. The molecule has 10 heteroatoms. The molecule has 166 valence electrons. The Morgan fingerprint density at radius 3 is 2.47 bits per heavy atom. The molecule has 3 N–H and O–H groups in total. The number of aryl methyl sites for hydroxylation is 2. The Balaban J connectivity index is 1.42. The molecule has 1 aromatic carbocycles. The van der Waals surface area contributed by atoms with Gasteiger partial charge in [0, 0.05) is 26.7 Å². The summed E-state index contributed by atoms with van der Waals surface area (Å²) in [4.78, 5) is 21.4. The minimum atomic E-state index is -0.115. The predicted octanol–water partition coefficient (Wildman–Crippen LogP) is 1.74. The first-order chi connectivity index (χ1) is 15.6. The molecule has 0 amide bonds. The van der Waals surface area contributed by atoms with Crippen molar-refractivity contribution in [3.8, 4) is 5.69 Å². The van der Waals surface area contributed by atoms with E-state index in [2.05, 4.69) is 30.8 Å². The second-order valence-electron chi connectivity index (χ2n) is 7.63. The van der Waals surface area contributed by atoms with E-state index in [0.717, 1.165) is 16.7 Å². The number of aliphatic hydroxyl groups is 1. The molecule has 0 aliphatic rings. The monoisotopic (exact) mass is 434 g/mol. The Morgan fingerprint density at radius 1 is 1.00 bits per heavy atom. The molecule has 32 heavy (non-hydrogen) atoms. The van der Waals surface area contributed by atoms with Crippen LogP contribution in [-0.4, -0.2) is 54.1 Å². The van der Waals surface area contributed by atoms with Crippen LogP contribution in [0, 0.1) is 12.8 Å². The number of aliphatic hydroxyl groups excluding tert-OH is 1. The van der Waals surface area contributed by atoms with Crippen LogP contribution >= 0.6 is 0 Å². The van der Waals surface area contributed by atoms with Crippen LogP contribution in [0.15, 0.2) is 53.6 Å². The fourth-order valence-corrected chi connectivity index (χ4v) is 3.52. The van der Waals surface area contributed by atoms with Gasteiger partial charge in [-0.15, -0.1) is 5.10 Å². The first-order valence-electron chi connectivity index (χ1n) is 10.4. The number of aromatic nitrogens is 6. The molecule has 10 nitrogen and oxygen atoms in total. The van der Waals surface area contributed by atoms with E-state index in [1.54, 1.807) is 28.6 Å². The Kier molecular flexibility index (Phi) is 6.41. The minimum absolute atomic E-state index is 0.0808. The third-order valence-electron chi connectivity index (χ3n) is 5.30. The van der Waals surface area contributed by atoms with E-state index < -0.39 is 0 Å². The second-order valence-corrected chi connectivity index (χ2v) is 7.63. The molecule has 0 fully saturated rings. The van der Waals surface area contributed by atoms with E-state index in [0.29, 0.717) is 37.0 Å². The van der Waals surface area contributed by atoms with Crippen molar-refractivity contribution in [1.29, 1.82) is 0 Å². The van der Waals surface area contributed by atoms with Gasteiger partial charge < -0.3 is 15.7 Å². The fraction of sp³-hybridized carbons (Fsp3) is 0.318. The summed E-state index contributed by atoms with van der Waals surface area (Å²) in [6.45, 7) is 3.10. The normalized spacial score (nSPS) is 12.1. The highest BCUT2D eigenvalue weighted by Crippen LogP contribution is 2.17. The summed E-state index contributed by atoms with van der Waals surface area (Å²) < 4.78 is 3.28. The molecule has 3 heterocycles. The van der Waals surface area contributed by atoms with E-state index in [4.69, 9.17) is 0 Å². The lowest BCUT2D eigenvalue weighted by molar-refractivity contribution is 0.263. The first-order valence-corrected chi connectivity index (χ1v) is 10.4. The van der Waals surface area contributed by atoms with E-state index in [1.807, 2.05) is 43.3 Å². The predicted molar refractivity (Wildman–Crippen MR) is 123 cm³/mol. The standard InChI is InChI=1S/C22H26N8O2/c1-15-11-25-21(28-27-15)26-13-16(9-10-31)12-23-20-8-7-17(14-24-20)30-19-6-4-3-5-18(19)29(2)22(30)32/h3-8,11,14,16,31H,9-10,12-13H2,1-2H3,(H,23,24)(H,25,26,28)/t16-/m1/s1. The second kappa shape index (κ2) is 9.56. The molecule has 0 saturated heterocycles. The number of benzene rings is 1. The maximum atomic E-state index is 12.7. The van der Waals surface area contributed by atoms with Crippen molar-refractivity contribution in [3.05, 3.63) is 65.0 Å². The van der Waals surface area contributed by atoms with Crippen LogP contribution in [0.5, 0.6) is 0 Å². The molecule has 4 aromatic rings. The number of hydrogen-bond donors (Lipinski definition) is 3. The SMILES string of the molecule is Cc1cnc(NC[C@H](CCO)CNc2ccc(-n3c(=O)n(C)c4ccccc43)cn2)nn1. The zero-order valence-corrected chi connectivity index (χ0v) is 18.1. The van der Waals surface area contributed by atoms with E-state index >= 15 is 0 Å². The first kappa shape index (κ1) is 21.4. The van der Waals surface area contributed by atoms with Crippen LogP contribution in [0.1, 0.15) is 12.1 Å². The average Bonchev–Trinajstić information content (AvgIpc) is 3.07. The highest BCUT2D eigenvalue weighted by Gasteiger charge is 2.13. The van der Waals surface area contributed by atoms with E-state index in [9.17, 15) is 9.90 Å². The number of hydrogen-bond acceptors (Lipinski definition) is 8. The molecule has 0 radical (unpaired) electrons. The Morgan fingerprint density at radius 2 is 1.78 bits per heavy atom. The van der Waals surface area contributed by atoms with Crippen LogP contribution in [0.4, 0.5) is 11.8 Å². The van der Waals surface area contributed by atoms with Crippen LogP contribution < -0.4 is 16.3 Å². The summed E-state index contributed by atoms with van der Waals surface area (Å²) in [7, 11) is 1.76. The number of para-hydroxylation sites is 2. The van der Waals surface area contributed by atoms with Gasteiger partial charge in [0.1, 0.15) is 5.82 Å². The number of fused-ring (bicyclic) bond motifs is 1. The van der Waals surface area contributed by atoms with E-state index in [-0.39, 0.29) is 18.2 Å². The van der Waals surface area contributed by atoms with Crippen LogP contribution in [0.25, 0.3) is 16.7 Å². The molecule has 0 unspecified atom stereocenters. The van der Waals surface area contributed by atoms with Gasteiger partial charge in [-0.3, -0.25) is 9.13 Å². The lowest BCUT2D eigenvalue weighted by atomic mass is 10.1. The molecule has 0 saturated carbocycles. The summed E-state index contributed by atoms with van der Waals surface area (Å²) in [5.41, 5.74) is 3.05. The van der Waals surface area contributed by atoms with Gasteiger partial charge in [0.15, 0.2) is 0 Å². The molecular weight excluding hydrogens is 408 g/mol. The number of rotatable bonds is 9. The van der Waals surface area contributed by atoms with Crippen LogP contribution in [-0.2, 0) is 7.05 Å². The highest BCUT2D eigenvalue weighted by molar-refractivity contribution is 5.78. The van der Waals surface area contributed by atoms with Gasteiger partial charge in [0.2, 0.25) is 5.95 Å². The molecule has 3 aromatic heterocycles. The van der Waals surface area contributed by atoms with Crippen molar-refractivity contribution in [2.24, 2.45) is 13.0 Å². The van der Waals surface area contributed by atoms with Gasteiger partial charge in [0.25, 0.3) is 0 Å². The third-order valence-corrected chi connectivity index (χ3v) is 5.30. The molecular formula is C22H26N8O2. The van der Waals surface area contributed by atoms with Gasteiger partial charge >= 0.3 is 5.69 Å². The summed E-state index contributed by atoms with van der Waals surface area (Å²) in [5, 5.41) is 23.8. The van der Waals surface area contributed by atoms with E-state index in [1.165, 1.54) is 0 Å². The molecule has 0 spiro atoms. The molecule has 0 aliphatic carbocycles.